The van der Waals surface area contributed by atoms with Crippen LogP contribution in [0.2, 0.25) is 0 Å². The molecule has 2 rings (SSSR count). The SMILES string of the molecule is CCN(CC1CC1)CC1(C(=O)O)CCCC(C)C1. The molecule has 0 aromatic heterocycles. The summed E-state index contributed by atoms with van der Waals surface area (Å²) in [5, 5.41) is 9.67. The van der Waals surface area contributed by atoms with Crippen molar-refractivity contribution >= 4 is 5.97 Å². The van der Waals surface area contributed by atoms with Crippen molar-refractivity contribution in [2.45, 2.75) is 52.4 Å². The molecule has 0 aromatic carbocycles. The second-order valence-electron chi connectivity index (χ2n) is 6.56. The fraction of sp³-hybridized carbons (Fsp3) is 0.933. The van der Waals surface area contributed by atoms with E-state index in [1.54, 1.807) is 0 Å². The second-order valence-corrected chi connectivity index (χ2v) is 6.56. The average Bonchev–Trinajstić information content (AvgIpc) is 3.12. The van der Waals surface area contributed by atoms with Gasteiger partial charge >= 0.3 is 5.97 Å². The highest BCUT2D eigenvalue weighted by molar-refractivity contribution is 5.75. The molecular weight excluding hydrogens is 226 g/mol. The summed E-state index contributed by atoms with van der Waals surface area (Å²) in [6, 6.07) is 0. The fourth-order valence-corrected chi connectivity index (χ4v) is 3.46. The summed E-state index contributed by atoms with van der Waals surface area (Å²) in [6.45, 7) is 7.22. The van der Waals surface area contributed by atoms with Gasteiger partial charge in [-0.25, -0.2) is 0 Å². The predicted molar refractivity (Wildman–Crippen MR) is 72.5 cm³/mol. The molecule has 2 fully saturated rings. The van der Waals surface area contributed by atoms with Gasteiger partial charge in [-0.15, -0.1) is 0 Å². The Bertz CT molecular complexity index is 301. The topological polar surface area (TPSA) is 40.5 Å². The molecule has 0 saturated heterocycles. The van der Waals surface area contributed by atoms with Crippen molar-refractivity contribution in [3.8, 4) is 0 Å². The van der Waals surface area contributed by atoms with Crippen LogP contribution in [0.15, 0.2) is 0 Å². The Morgan fingerprint density at radius 3 is 2.61 bits per heavy atom. The minimum Gasteiger partial charge on any atom is -0.481 e. The maximum absolute atomic E-state index is 11.7. The van der Waals surface area contributed by atoms with Crippen LogP contribution < -0.4 is 0 Å². The van der Waals surface area contributed by atoms with E-state index in [0.29, 0.717) is 5.92 Å². The van der Waals surface area contributed by atoms with E-state index in [0.717, 1.165) is 44.8 Å². The van der Waals surface area contributed by atoms with Gasteiger partial charge in [0.05, 0.1) is 5.41 Å². The predicted octanol–water partition coefficient (Wildman–Crippen LogP) is 3.00. The van der Waals surface area contributed by atoms with Crippen molar-refractivity contribution in [1.82, 2.24) is 4.90 Å². The molecule has 2 atom stereocenters. The summed E-state index contributed by atoms with van der Waals surface area (Å²) >= 11 is 0. The van der Waals surface area contributed by atoms with Crippen LogP contribution in [0.4, 0.5) is 0 Å². The van der Waals surface area contributed by atoms with Crippen molar-refractivity contribution in [2.75, 3.05) is 19.6 Å². The standard InChI is InChI=1S/C15H27NO2/c1-3-16(10-13-6-7-13)11-15(14(17)18)8-4-5-12(2)9-15/h12-13H,3-11H2,1-2H3,(H,17,18). The van der Waals surface area contributed by atoms with E-state index in [4.69, 9.17) is 0 Å². The van der Waals surface area contributed by atoms with E-state index in [1.165, 1.54) is 19.3 Å². The summed E-state index contributed by atoms with van der Waals surface area (Å²) in [7, 11) is 0. The largest absolute Gasteiger partial charge is 0.481 e. The van der Waals surface area contributed by atoms with Crippen molar-refractivity contribution < 1.29 is 9.90 Å². The fourth-order valence-electron chi connectivity index (χ4n) is 3.46. The number of carboxylic acid groups (broad SMARTS) is 1. The van der Waals surface area contributed by atoms with Gasteiger partial charge in [0.25, 0.3) is 0 Å². The van der Waals surface area contributed by atoms with Gasteiger partial charge in [-0.05, 0) is 44.1 Å². The van der Waals surface area contributed by atoms with E-state index in [2.05, 4.69) is 18.7 Å². The van der Waals surface area contributed by atoms with Crippen molar-refractivity contribution in [1.29, 1.82) is 0 Å². The lowest BCUT2D eigenvalue weighted by Crippen LogP contribution is -2.46. The smallest absolute Gasteiger partial charge is 0.310 e. The summed E-state index contributed by atoms with van der Waals surface area (Å²) in [4.78, 5) is 14.1. The highest BCUT2D eigenvalue weighted by atomic mass is 16.4. The molecule has 2 aliphatic carbocycles. The van der Waals surface area contributed by atoms with E-state index in [1.807, 2.05) is 0 Å². The molecule has 0 aromatic rings. The minimum atomic E-state index is -0.566. The zero-order valence-corrected chi connectivity index (χ0v) is 11.8. The van der Waals surface area contributed by atoms with Crippen LogP contribution in [0.1, 0.15) is 52.4 Å². The Kier molecular flexibility index (Phi) is 4.31. The zero-order chi connectivity index (χ0) is 13.2. The number of aliphatic carboxylic acids is 1. The molecule has 1 N–H and O–H groups in total. The maximum atomic E-state index is 11.7. The Morgan fingerprint density at radius 2 is 2.11 bits per heavy atom. The first-order chi connectivity index (χ1) is 8.55. The lowest BCUT2D eigenvalue weighted by molar-refractivity contribution is -0.153. The van der Waals surface area contributed by atoms with Gasteiger partial charge in [0.2, 0.25) is 0 Å². The summed E-state index contributed by atoms with van der Waals surface area (Å²) in [6.07, 6.45) is 6.69. The molecule has 0 radical (unpaired) electrons. The van der Waals surface area contributed by atoms with Crippen LogP contribution in [-0.4, -0.2) is 35.6 Å². The molecule has 0 bridgehead atoms. The van der Waals surface area contributed by atoms with Gasteiger partial charge in [0.15, 0.2) is 0 Å². The molecule has 18 heavy (non-hydrogen) atoms. The van der Waals surface area contributed by atoms with Crippen molar-refractivity contribution in [2.24, 2.45) is 17.3 Å². The molecule has 3 heteroatoms. The van der Waals surface area contributed by atoms with Crippen LogP contribution in [0, 0.1) is 17.3 Å². The third-order valence-corrected chi connectivity index (χ3v) is 4.73. The second kappa shape index (κ2) is 5.60. The van der Waals surface area contributed by atoms with Gasteiger partial charge in [-0.2, -0.15) is 0 Å². The average molecular weight is 253 g/mol. The molecule has 2 saturated carbocycles. The molecule has 2 unspecified atom stereocenters. The van der Waals surface area contributed by atoms with Gasteiger partial charge in [0.1, 0.15) is 0 Å². The number of carboxylic acids is 1. The molecule has 0 aliphatic heterocycles. The number of hydrogen-bond acceptors (Lipinski definition) is 2. The van der Waals surface area contributed by atoms with Gasteiger partial charge in [0, 0.05) is 13.1 Å². The molecular formula is C15H27NO2. The number of nitrogens with zero attached hydrogens (tertiary/aromatic N) is 1. The molecule has 0 heterocycles. The quantitative estimate of drug-likeness (QED) is 0.791. The van der Waals surface area contributed by atoms with E-state index >= 15 is 0 Å². The lowest BCUT2D eigenvalue weighted by atomic mass is 9.69. The van der Waals surface area contributed by atoms with Crippen LogP contribution in [-0.2, 0) is 4.79 Å². The molecule has 2 aliphatic rings. The first-order valence-corrected chi connectivity index (χ1v) is 7.51. The number of hydrogen-bond donors (Lipinski definition) is 1. The maximum Gasteiger partial charge on any atom is 0.310 e. The Morgan fingerprint density at radius 1 is 1.39 bits per heavy atom. The molecule has 104 valence electrons. The zero-order valence-electron chi connectivity index (χ0n) is 11.8. The van der Waals surface area contributed by atoms with Crippen LogP contribution >= 0.6 is 0 Å². The van der Waals surface area contributed by atoms with Crippen LogP contribution in [0.3, 0.4) is 0 Å². The van der Waals surface area contributed by atoms with Crippen LogP contribution in [0.5, 0.6) is 0 Å². The summed E-state index contributed by atoms with van der Waals surface area (Å²) in [5.41, 5.74) is -0.470. The Hall–Kier alpha value is -0.570. The Balaban J connectivity index is 2.01. The third-order valence-electron chi connectivity index (χ3n) is 4.73. The molecule has 3 nitrogen and oxygen atoms in total. The summed E-state index contributed by atoms with van der Waals surface area (Å²) in [5.74, 6) is 0.842. The normalized spacial score (nSPS) is 32.7. The monoisotopic (exact) mass is 253 g/mol. The minimum absolute atomic E-state index is 0.470. The number of rotatable bonds is 6. The van der Waals surface area contributed by atoms with Crippen molar-refractivity contribution in [3.63, 3.8) is 0 Å². The lowest BCUT2D eigenvalue weighted by Gasteiger charge is -2.40. The molecule has 0 spiro atoms. The highest BCUT2D eigenvalue weighted by Crippen LogP contribution is 2.41. The van der Waals surface area contributed by atoms with Gasteiger partial charge < -0.3 is 10.0 Å². The Labute approximate surface area is 111 Å². The van der Waals surface area contributed by atoms with Gasteiger partial charge in [-0.1, -0.05) is 26.7 Å². The summed E-state index contributed by atoms with van der Waals surface area (Å²) < 4.78 is 0. The van der Waals surface area contributed by atoms with E-state index in [9.17, 15) is 9.90 Å². The van der Waals surface area contributed by atoms with E-state index in [-0.39, 0.29) is 0 Å². The van der Waals surface area contributed by atoms with Gasteiger partial charge in [-0.3, -0.25) is 4.79 Å². The van der Waals surface area contributed by atoms with Crippen molar-refractivity contribution in [3.05, 3.63) is 0 Å². The first kappa shape index (κ1) is 13.9. The molecule has 0 amide bonds. The first-order valence-electron chi connectivity index (χ1n) is 7.51. The van der Waals surface area contributed by atoms with Crippen LogP contribution in [0.25, 0.3) is 0 Å². The van der Waals surface area contributed by atoms with E-state index < -0.39 is 11.4 Å². The third kappa shape index (κ3) is 3.25. The highest BCUT2D eigenvalue weighted by Gasteiger charge is 2.43. The number of carbonyl (C=O) groups is 1.